The molecule has 0 saturated carbocycles. The van der Waals surface area contributed by atoms with Gasteiger partial charge in [0.25, 0.3) is 0 Å². The van der Waals surface area contributed by atoms with E-state index in [1.54, 1.807) is 27.7 Å². The number of aliphatic carboxylic acids is 1. The van der Waals surface area contributed by atoms with Crippen molar-refractivity contribution in [1.82, 2.24) is 4.90 Å². The highest BCUT2D eigenvalue weighted by molar-refractivity contribution is 6.30. The molecule has 0 aliphatic rings. The summed E-state index contributed by atoms with van der Waals surface area (Å²) in [6, 6.07) is 2.08. The third kappa shape index (κ3) is 5.71. The Labute approximate surface area is 140 Å². The number of hydrogen-bond donors (Lipinski definition) is 1. The zero-order valence-electron chi connectivity index (χ0n) is 13.6. The maximum Gasteiger partial charge on any atom is 0.411 e. The molecule has 0 radical (unpaired) electrons. The van der Waals surface area contributed by atoms with E-state index in [1.165, 1.54) is 6.07 Å². The minimum Gasteiger partial charge on any atom is -0.479 e. The molecule has 0 aromatic heterocycles. The van der Waals surface area contributed by atoms with Gasteiger partial charge in [0.05, 0.1) is 0 Å². The predicted molar refractivity (Wildman–Crippen MR) is 85.0 cm³/mol. The van der Waals surface area contributed by atoms with E-state index >= 15 is 0 Å². The highest BCUT2D eigenvalue weighted by Crippen LogP contribution is 2.27. The van der Waals surface area contributed by atoms with Gasteiger partial charge >= 0.3 is 12.1 Å². The molecule has 0 fully saturated rings. The van der Waals surface area contributed by atoms with Crippen LogP contribution in [-0.4, -0.2) is 34.2 Å². The molecule has 0 spiro atoms. The van der Waals surface area contributed by atoms with Crippen molar-refractivity contribution in [2.45, 2.75) is 45.8 Å². The zero-order chi connectivity index (χ0) is 17.8. The van der Waals surface area contributed by atoms with Crippen molar-refractivity contribution < 1.29 is 23.8 Å². The number of hydrogen-bond acceptors (Lipinski definition) is 3. The summed E-state index contributed by atoms with van der Waals surface area (Å²) in [5.74, 6) is -1.95. The second-order valence-corrected chi connectivity index (χ2v) is 6.55. The van der Waals surface area contributed by atoms with Crippen LogP contribution in [0.15, 0.2) is 18.2 Å². The molecule has 1 aromatic rings. The van der Waals surface area contributed by atoms with E-state index in [2.05, 4.69) is 0 Å². The third-order valence-corrected chi connectivity index (χ3v) is 3.06. The van der Waals surface area contributed by atoms with E-state index in [0.717, 1.165) is 17.0 Å². The normalized spacial score (nSPS) is 12.6. The Morgan fingerprint density at radius 3 is 2.39 bits per heavy atom. The van der Waals surface area contributed by atoms with Crippen LogP contribution < -0.4 is 0 Å². The molecule has 0 saturated heterocycles. The van der Waals surface area contributed by atoms with Crippen molar-refractivity contribution in [2.75, 3.05) is 6.54 Å². The first-order chi connectivity index (χ1) is 10.5. The Morgan fingerprint density at radius 1 is 1.35 bits per heavy atom. The number of carbonyl (C=O) groups is 2. The van der Waals surface area contributed by atoms with Crippen molar-refractivity contribution >= 4 is 23.7 Å². The van der Waals surface area contributed by atoms with Crippen LogP contribution in [0.25, 0.3) is 0 Å². The first-order valence-electron chi connectivity index (χ1n) is 7.23. The number of carboxylic acid groups (broad SMARTS) is 1. The van der Waals surface area contributed by atoms with Gasteiger partial charge in [0.15, 0.2) is 6.04 Å². The maximum atomic E-state index is 13.6. The maximum absolute atomic E-state index is 13.6. The third-order valence-electron chi connectivity index (χ3n) is 2.84. The largest absolute Gasteiger partial charge is 0.479 e. The highest BCUT2D eigenvalue weighted by atomic mass is 35.5. The average molecular weight is 346 g/mol. The van der Waals surface area contributed by atoms with E-state index in [0.29, 0.717) is 6.42 Å². The fourth-order valence-corrected chi connectivity index (χ4v) is 2.31. The minimum absolute atomic E-state index is 0.0619. The topological polar surface area (TPSA) is 66.8 Å². The van der Waals surface area contributed by atoms with Crippen LogP contribution in [0.3, 0.4) is 0 Å². The summed E-state index contributed by atoms with van der Waals surface area (Å²) in [4.78, 5) is 25.1. The minimum atomic E-state index is -1.38. The van der Waals surface area contributed by atoms with Gasteiger partial charge < -0.3 is 9.84 Å². The van der Waals surface area contributed by atoms with Gasteiger partial charge in [-0.05, 0) is 51.0 Å². The number of rotatable bonds is 5. The molecule has 1 N–H and O–H groups in total. The number of benzene rings is 1. The molecule has 0 bridgehead atoms. The highest BCUT2D eigenvalue weighted by Gasteiger charge is 2.34. The average Bonchev–Trinajstić information content (AvgIpc) is 2.34. The van der Waals surface area contributed by atoms with Crippen LogP contribution in [0.1, 0.15) is 45.7 Å². The van der Waals surface area contributed by atoms with Crippen molar-refractivity contribution in [3.63, 3.8) is 0 Å². The van der Waals surface area contributed by atoms with Gasteiger partial charge in [0, 0.05) is 11.6 Å². The number of carboxylic acids is 1. The molecule has 1 atom stereocenters. The quantitative estimate of drug-likeness (QED) is 0.866. The van der Waals surface area contributed by atoms with Gasteiger partial charge in [-0.2, -0.15) is 0 Å². The summed E-state index contributed by atoms with van der Waals surface area (Å²) in [6.45, 7) is 7.01. The van der Waals surface area contributed by atoms with Crippen molar-refractivity contribution in [3.05, 3.63) is 34.6 Å². The first kappa shape index (κ1) is 19.2. The number of nitrogens with zero attached hydrogens (tertiary/aromatic N) is 1. The van der Waals surface area contributed by atoms with Crippen LogP contribution in [0.4, 0.5) is 9.18 Å². The van der Waals surface area contributed by atoms with E-state index in [1.807, 2.05) is 0 Å². The monoisotopic (exact) mass is 345 g/mol. The van der Waals surface area contributed by atoms with Gasteiger partial charge in [-0.3, -0.25) is 4.90 Å². The van der Waals surface area contributed by atoms with Gasteiger partial charge in [-0.1, -0.05) is 18.5 Å². The predicted octanol–water partition coefficient (Wildman–Crippen LogP) is 4.25. The van der Waals surface area contributed by atoms with E-state index in [-0.39, 0.29) is 17.1 Å². The molecule has 5 nitrogen and oxygen atoms in total. The van der Waals surface area contributed by atoms with Crippen LogP contribution in [0.2, 0.25) is 5.02 Å². The Kier molecular flexibility index (Phi) is 6.38. The smallest absolute Gasteiger partial charge is 0.411 e. The fourth-order valence-electron chi connectivity index (χ4n) is 2.08. The lowest BCUT2D eigenvalue weighted by molar-refractivity contribution is -0.143. The Balaban J connectivity index is 3.26. The molecule has 7 heteroatoms. The Bertz CT molecular complexity index is 566. The molecule has 128 valence electrons. The van der Waals surface area contributed by atoms with Gasteiger partial charge in [0.1, 0.15) is 11.4 Å². The van der Waals surface area contributed by atoms with Gasteiger partial charge in [0.2, 0.25) is 0 Å². The number of ether oxygens (including phenoxy) is 1. The Hall–Kier alpha value is -1.82. The molecular weight excluding hydrogens is 325 g/mol. The van der Waals surface area contributed by atoms with E-state index in [9.17, 15) is 19.1 Å². The number of halogens is 2. The van der Waals surface area contributed by atoms with Crippen molar-refractivity contribution in [1.29, 1.82) is 0 Å². The summed E-state index contributed by atoms with van der Waals surface area (Å²) in [5, 5.41) is 9.60. The lowest BCUT2D eigenvalue weighted by Crippen LogP contribution is -2.42. The number of carbonyl (C=O) groups excluding carboxylic acids is 1. The van der Waals surface area contributed by atoms with E-state index in [4.69, 9.17) is 16.3 Å². The molecule has 0 heterocycles. The molecular formula is C16H21ClFNO4. The second-order valence-electron chi connectivity index (χ2n) is 6.12. The van der Waals surface area contributed by atoms with E-state index < -0.39 is 29.5 Å². The second kappa shape index (κ2) is 7.64. The molecule has 23 heavy (non-hydrogen) atoms. The summed E-state index contributed by atoms with van der Waals surface area (Å²) < 4.78 is 18.8. The summed E-state index contributed by atoms with van der Waals surface area (Å²) in [6.07, 6.45) is -0.251. The van der Waals surface area contributed by atoms with Crippen molar-refractivity contribution in [3.8, 4) is 0 Å². The molecule has 1 amide bonds. The molecule has 1 rings (SSSR count). The summed E-state index contributed by atoms with van der Waals surface area (Å²) in [7, 11) is 0. The standard InChI is InChI=1S/C16H21ClFNO4/c1-5-6-19(15(22)23-16(2,3)4)13(14(20)21)10-7-11(17)9-12(18)8-10/h7-9,13H,5-6H2,1-4H3,(H,20,21). The van der Waals surface area contributed by atoms with Crippen molar-refractivity contribution in [2.24, 2.45) is 0 Å². The van der Waals surface area contributed by atoms with Crippen LogP contribution >= 0.6 is 11.6 Å². The lowest BCUT2D eigenvalue weighted by Gasteiger charge is -2.31. The fraction of sp³-hybridized carbons (Fsp3) is 0.500. The molecule has 1 unspecified atom stereocenters. The van der Waals surface area contributed by atoms with Crippen LogP contribution in [-0.2, 0) is 9.53 Å². The molecule has 1 aromatic carbocycles. The Morgan fingerprint density at radius 2 is 1.96 bits per heavy atom. The number of amides is 1. The van der Waals surface area contributed by atoms with Crippen LogP contribution in [0.5, 0.6) is 0 Å². The molecule has 0 aliphatic heterocycles. The summed E-state index contributed by atoms with van der Waals surface area (Å²) >= 11 is 5.80. The SMILES string of the molecule is CCCN(C(=O)OC(C)(C)C)C(C(=O)O)c1cc(F)cc(Cl)c1. The summed E-state index contributed by atoms with van der Waals surface area (Å²) in [5.41, 5.74) is -0.687. The van der Waals surface area contributed by atoms with Gasteiger partial charge in [-0.15, -0.1) is 0 Å². The zero-order valence-corrected chi connectivity index (χ0v) is 14.4. The lowest BCUT2D eigenvalue weighted by atomic mass is 10.1. The molecule has 0 aliphatic carbocycles. The van der Waals surface area contributed by atoms with Crippen LogP contribution in [0, 0.1) is 5.82 Å². The first-order valence-corrected chi connectivity index (χ1v) is 7.61. The van der Waals surface area contributed by atoms with Gasteiger partial charge in [-0.25, -0.2) is 14.0 Å².